The fraction of sp³-hybridized carbons (Fsp3) is 0.368. The standard InChI is InChI=1S/C19H24N2O3/c1-15(11-12-16-7-4-3-5-8-16)20(2)14-19(22)17-9-6-10-18(13-17)21(23)24/h3-10,13,15,19,22H,11-12,14H2,1-2H3/t15-,19-/m1/s1. The van der Waals surface area contributed by atoms with Crippen LogP contribution in [0.5, 0.6) is 0 Å². The number of nitro benzene ring substituents is 1. The molecule has 0 aliphatic rings. The average molecular weight is 328 g/mol. The number of aliphatic hydroxyl groups is 1. The molecule has 0 amide bonds. The highest BCUT2D eigenvalue weighted by Crippen LogP contribution is 2.21. The van der Waals surface area contributed by atoms with Gasteiger partial charge in [0, 0.05) is 24.7 Å². The molecule has 0 aliphatic heterocycles. The van der Waals surface area contributed by atoms with Crippen LogP contribution in [0.2, 0.25) is 0 Å². The Morgan fingerprint density at radius 3 is 2.54 bits per heavy atom. The Morgan fingerprint density at radius 2 is 1.88 bits per heavy atom. The lowest BCUT2D eigenvalue weighted by Crippen LogP contribution is -2.33. The number of benzene rings is 2. The zero-order valence-electron chi connectivity index (χ0n) is 14.1. The molecule has 2 atom stereocenters. The summed E-state index contributed by atoms with van der Waals surface area (Å²) in [6, 6.07) is 16.8. The molecule has 0 aliphatic carbocycles. The van der Waals surface area contributed by atoms with Gasteiger partial charge in [0.15, 0.2) is 0 Å². The summed E-state index contributed by atoms with van der Waals surface area (Å²) in [6.07, 6.45) is 1.23. The average Bonchev–Trinajstić information content (AvgIpc) is 2.60. The third kappa shape index (κ3) is 5.15. The van der Waals surface area contributed by atoms with Crippen LogP contribution in [-0.4, -0.2) is 34.6 Å². The third-order valence-electron chi connectivity index (χ3n) is 4.37. The Kier molecular flexibility index (Phi) is 6.46. The molecule has 1 N–H and O–H groups in total. The van der Waals surface area contributed by atoms with E-state index in [0.717, 1.165) is 12.8 Å². The van der Waals surface area contributed by atoms with Crippen molar-refractivity contribution in [1.82, 2.24) is 4.90 Å². The van der Waals surface area contributed by atoms with E-state index in [4.69, 9.17) is 0 Å². The van der Waals surface area contributed by atoms with Crippen molar-refractivity contribution in [3.05, 3.63) is 75.8 Å². The number of likely N-dealkylation sites (N-methyl/N-ethyl adjacent to an activating group) is 1. The van der Waals surface area contributed by atoms with Crippen molar-refractivity contribution in [2.75, 3.05) is 13.6 Å². The molecule has 0 spiro atoms. The van der Waals surface area contributed by atoms with Gasteiger partial charge in [-0.05, 0) is 37.9 Å². The van der Waals surface area contributed by atoms with E-state index in [1.807, 2.05) is 25.2 Å². The Balaban J connectivity index is 1.89. The van der Waals surface area contributed by atoms with Crippen molar-refractivity contribution < 1.29 is 10.0 Å². The van der Waals surface area contributed by atoms with Gasteiger partial charge in [0.1, 0.15) is 0 Å². The van der Waals surface area contributed by atoms with Gasteiger partial charge in [-0.3, -0.25) is 10.1 Å². The van der Waals surface area contributed by atoms with Crippen molar-refractivity contribution in [3.63, 3.8) is 0 Å². The fourth-order valence-corrected chi connectivity index (χ4v) is 2.64. The number of nitro groups is 1. The van der Waals surface area contributed by atoms with Crippen LogP contribution in [-0.2, 0) is 6.42 Å². The second-order valence-electron chi connectivity index (χ2n) is 6.18. The summed E-state index contributed by atoms with van der Waals surface area (Å²) >= 11 is 0. The van der Waals surface area contributed by atoms with E-state index < -0.39 is 11.0 Å². The normalized spacial score (nSPS) is 13.7. The molecule has 0 saturated heterocycles. The van der Waals surface area contributed by atoms with Crippen LogP contribution in [0.3, 0.4) is 0 Å². The van der Waals surface area contributed by atoms with Crippen molar-refractivity contribution in [2.24, 2.45) is 0 Å². The molecule has 2 aromatic carbocycles. The lowest BCUT2D eigenvalue weighted by molar-refractivity contribution is -0.385. The Hall–Kier alpha value is -2.24. The molecule has 2 rings (SSSR count). The topological polar surface area (TPSA) is 66.6 Å². The third-order valence-corrected chi connectivity index (χ3v) is 4.37. The second kappa shape index (κ2) is 8.57. The smallest absolute Gasteiger partial charge is 0.269 e. The number of hydrogen-bond donors (Lipinski definition) is 1. The van der Waals surface area contributed by atoms with Crippen LogP contribution in [0.15, 0.2) is 54.6 Å². The largest absolute Gasteiger partial charge is 0.387 e. The molecule has 5 nitrogen and oxygen atoms in total. The molecule has 0 radical (unpaired) electrons. The molecule has 24 heavy (non-hydrogen) atoms. The van der Waals surface area contributed by atoms with Gasteiger partial charge in [-0.2, -0.15) is 0 Å². The minimum absolute atomic E-state index is 0.00586. The fourth-order valence-electron chi connectivity index (χ4n) is 2.64. The van der Waals surface area contributed by atoms with Gasteiger partial charge in [-0.1, -0.05) is 42.5 Å². The molecule has 0 bridgehead atoms. The van der Waals surface area contributed by atoms with E-state index in [1.165, 1.54) is 17.7 Å². The van der Waals surface area contributed by atoms with Crippen molar-refractivity contribution in [2.45, 2.75) is 31.9 Å². The summed E-state index contributed by atoms with van der Waals surface area (Å²) in [5.41, 5.74) is 1.88. The Morgan fingerprint density at radius 1 is 1.17 bits per heavy atom. The van der Waals surface area contributed by atoms with Crippen molar-refractivity contribution in [3.8, 4) is 0 Å². The summed E-state index contributed by atoms with van der Waals surface area (Å²) < 4.78 is 0. The lowest BCUT2D eigenvalue weighted by atomic mass is 10.0. The Bertz CT molecular complexity index is 661. The molecule has 0 aromatic heterocycles. The monoisotopic (exact) mass is 328 g/mol. The minimum atomic E-state index is -0.742. The van der Waals surface area contributed by atoms with Gasteiger partial charge in [0.05, 0.1) is 11.0 Å². The first kappa shape index (κ1) is 18.1. The van der Waals surface area contributed by atoms with Crippen LogP contribution in [0, 0.1) is 10.1 Å². The molecule has 0 heterocycles. The van der Waals surface area contributed by atoms with Crippen molar-refractivity contribution >= 4 is 5.69 Å². The predicted octanol–water partition coefficient (Wildman–Crippen LogP) is 3.58. The van der Waals surface area contributed by atoms with Gasteiger partial charge in [-0.15, -0.1) is 0 Å². The number of non-ortho nitro benzene ring substituents is 1. The van der Waals surface area contributed by atoms with E-state index in [1.54, 1.807) is 12.1 Å². The molecule has 0 fully saturated rings. The molecular weight excluding hydrogens is 304 g/mol. The van der Waals surface area contributed by atoms with Gasteiger partial charge < -0.3 is 10.0 Å². The molecule has 2 aromatic rings. The van der Waals surface area contributed by atoms with E-state index in [9.17, 15) is 15.2 Å². The highest BCUT2D eigenvalue weighted by Gasteiger charge is 2.17. The van der Waals surface area contributed by atoms with E-state index in [0.29, 0.717) is 18.2 Å². The zero-order valence-corrected chi connectivity index (χ0v) is 14.1. The Labute approximate surface area is 142 Å². The lowest BCUT2D eigenvalue weighted by Gasteiger charge is -2.27. The minimum Gasteiger partial charge on any atom is -0.387 e. The maximum absolute atomic E-state index is 10.8. The number of hydrogen-bond acceptors (Lipinski definition) is 4. The molecule has 5 heteroatoms. The van der Waals surface area contributed by atoms with E-state index in [2.05, 4.69) is 24.0 Å². The summed E-state index contributed by atoms with van der Waals surface area (Å²) in [6.45, 7) is 2.57. The summed E-state index contributed by atoms with van der Waals surface area (Å²) in [7, 11) is 1.97. The number of aliphatic hydroxyl groups excluding tert-OH is 1. The highest BCUT2D eigenvalue weighted by molar-refractivity contribution is 5.35. The molecule has 0 saturated carbocycles. The first-order chi connectivity index (χ1) is 11.5. The van der Waals surface area contributed by atoms with Gasteiger partial charge in [0.2, 0.25) is 0 Å². The molecule has 128 valence electrons. The van der Waals surface area contributed by atoms with Crippen LogP contribution < -0.4 is 0 Å². The maximum Gasteiger partial charge on any atom is 0.269 e. The first-order valence-corrected chi connectivity index (χ1v) is 8.14. The van der Waals surface area contributed by atoms with Gasteiger partial charge >= 0.3 is 0 Å². The van der Waals surface area contributed by atoms with Crippen LogP contribution in [0.25, 0.3) is 0 Å². The van der Waals surface area contributed by atoms with Crippen LogP contribution in [0.1, 0.15) is 30.6 Å². The predicted molar refractivity (Wildman–Crippen MR) is 94.9 cm³/mol. The summed E-state index contributed by atoms with van der Waals surface area (Å²) in [5, 5.41) is 21.2. The number of nitrogens with zero attached hydrogens (tertiary/aromatic N) is 2. The summed E-state index contributed by atoms with van der Waals surface area (Å²) in [5.74, 6) is 0. The van der Waals surface area contributed by atoms with Gasteiger partial charge in [0.25, 0.3) is 5.69 Å². The maximum atomic E-state index is 10.8. The SMILES string of the molecule is C[C@H](CCc1ccccc1)N(C)C[C@@H](O)c1cccc([N+](=O)[O-])c1. The number of aryl methyl sites for hydroxylation is 1. The second-order valence-corrected chi connectivity index (χ2v) is 6.18. The highest BCUT2D eigenvalue weighted by atomic mass is 16.6. The molecular formula is C19H24N2O3. The quantitative estimate of drug-likeness (QED) is 0.594. The van der Waals surface area contributed by atoms with Crippen molar-refractivity contribution in [1.29, 1.82) is 0 Å². The summed E-state index contributed by atoms with van der Waals surface area (Å²) in [4.78, 5) is 12.5. The zero-order chi connectivity index (χ0) is 17.5. The first-order valence-electron chi connectivity index (χ1n) is 8.14. The van der Waals surface area contributed by atoms with E-state index >= 15 is 0 Å². The molecule has 0 unspecified atom stereocenters. The van der Waals surface area contributed by atoms with Crippen LogP contribution in [0.4, 0.5) is 5.69 Å². The number of rotatable bonds is 8. The van der Waals surface area contributed by atoms with Gasteiger partial charge in [-0.25, -0.2) is 0 Å². The van der Waals surface area contributed by atoms with E-state index in [-0.39, 0.29) is 5.69 Å². The van der Waals surface area contributed by atoms with Crippen LogP contribution >= 0.6 is 0 Å².